The number of carbonyl (C=O) groups excluding carboxylic acids is 1. The van der Waals surface area contributed by atoms with E-state index in [-0.39, 0.29) is 22.0 Å². The third-order valence-corrected chi connectivity index (χ3v) is 4.34. The lowest BCUT2D eigenvalue weighted by atomic mass is 10.1. The summed E-state index contributed by atoms with van der Waals surface area (Å²) in [7, 11) is 0. The standard InChI is InChI=1S/C20H20N4O9S/c1-20(2,3)33-18(28)11-6-5-10(8-21)7-12(11)31-15-14(24(29)30)16(23-19(22-15)34-4)32-13(9-25)17(26)27/h5-7,13,25H,9H2,1-4H3,(H,26,27). The molecule has 1 aromatic carbocycles. The Bertz CT molecular complexity index is 1160. The average Bonchev–Trinajstić information content (AvgIpc) is 2.75. The van der Waals surface area contributed by atoms with Gasteiger partial charge in [-0.15, -0.1) is 0 Å². The number of nitro groups is 1. The summed E-state index contributed by atoms with van der Waals surface area (Å²) in [5.74, 6) is -4.13. The SMILES string of the molecule is CSc1nc(Oc2cc(C#N)ccc2C(=O)OC(C)(C)C)c([N+](=O)[O-])c(OC(CO)C(=O)O)n1. The van der Waals surface area contributed by atoms with Crippen molar-refractivity contribution in [3.8, 4) is 23.6 Å². The minimum atomic E-state index is -1.85. The normalized spacial score (nSPS) is 11.8. The molecule has 180 valence electrons. The summed E-state index contributed by atoms with van der Waals surface area (Å²) >= 11 is 0.939. The van der Waals surface area contributed by atoms with Crippen LogP contribution in [0.25, 0.3) is 0 Å². The van der Waals surface area contributed by atoms with E-state index in [0.29, 0.717) is 0 Å². The van der Waals surface area contributed by atoms with Crippen molar-refractivity contribution in [1.29, 1.82) is 5.26 Å². The summed E-state index contributed by atoms with van der Waals surface area (Å²) < 4.78 is 16.0. The van der Waals surface area contributed by atoms with Crippen LogP contribution in [0.1, 0.15) is 36.7 Å². The van der Waals surface area contributed by atoms with Gasteiger partial charge in [0.25, 0.3) is 0 Å². The lowest BCUT2D eigenvalue weighted by Gasteiger charge is -2.20. The van der Waals surface area contributed by atoms with Crippen LogP contribution in [0, 0.1) is 21.4 Å². The second-order valence-electron chi connectivity index (χ2n) is 7.48. The van der Waals surface area contributed by atoms with Crippen molar-refractivity contribution in [2.24, 2.45) is 0 Å². The number of nitrogens with zero attached hydrogens (tertiary/aromatic N) is 4. The number of carbonyl (C=O) groups is 2. The number of hydrogen-bond donors (Lipinski definition) is 2. The van der Waals surface area contributed by atoms with Crippen molar-refractivity contribution in [2.75, 3.05) is 12.9 Å². The number of thioether (sulfide) groups is 1. The maximum atomic E-state index is 12.7. The molecule has 0 saturated carbocycles. The first-order valence-electron chi connectivity index (χ1n) is 9.46. The summed E-state index contributed by atoms with van der Waals surface area (Å²) in [5, 5.41) is 39.3. The fourth-order valence-electron chi connectivity index (χ4n) is 2.38. The summed E-state index contributed by atoms with van der Waals surface area (Å²) in [6.07, 6.45) is -0.312. The van der Waals surface area contributed by atoms with Crippen molar-refractivity contribution in [3.63, 3.8) is 0 Å². The highest BCUT2D eigenvalue weighted by atomic mass is 32.2. The van der Waals surface area contributed by atoms with Gasteiger partial charge >= 0.3 is 29.4 Å². The van der Waals surface area contributed by atoms with Crippen LogP contribution >= 0.6 is 11.8 Å². The van der Waals surface area contributed by atoms with E-state index < -0.39 is 52.6 Å². The van der Waals surface area contributed by atoms with Crippen LogP contribution in [0.15, 0.2) is 23.4 Å². The summed E-state index contributed by atoms with van der Waals surface area (Å²) in [6.45, 7) is 3.92. The van der Waals surface area contributed by atoms with E-state index in [1.54, 1.807) is 20.8 Å². The molecule has 14 heteroatoms. The third-order valence-electron chi connectivity index (χ3n) is 3.80. The Labute approximate surface area is 197 Å². The zero-order valence-electron chi connectivity index (χ0n) is 18.5. The van der Waals surface area contributed by atoms with Gasteiger partial charge in [-0.05, 0) is 45.2 Å². The Hall–Kier alpha value is -3.96. The van der Waals surface area contributed by atoms with Crippen LogP contribution in [-0.2, 0) is 9.53 Å². The molecule has 1 atom stereocenters. The summed E-state index contributed by atoms with van der Waals surface area (Å²) in [6, 6.07) is 5.62. The van der Waals surface area contributed by atoms with E-state index >= 15 is 0 Å². The molecule has 0 aliphatic heterocycles. The molecule has 2 N–H and O–H groups in total. The molecule has 0 bridgehead atoms. The first kappa shape index (κ1) is 26.3. The van der Waals surface area contributed by atoms with Gasteiger partial charge in [0, 0.05) is 0 Å². The van der Waals surface area contributed by atoms with Crippen LogP contribution in [0.3, 0.4) is 0 Å². The molecule has 1 heterocycles. The molecule has 2 aromatic rings. The molecular weight excluding hydrogens is 472 g/mol. The van der Waals surface area contributed by atoms with Gasteiger partial charge in [0.15, 0.2) is 5.16 Å². The van der Waals surface area contributed by atoms with Crippen LogP contribution in [-0.4, -0.2) is 61.6 Å². The van der Waals surface area contributed by atoms with Crippen molar-refractivity contribution < 1.29 is 38.9 Å². The van der Waals surface area contributed by atoms with Crippen LogP contribution < -0.4 is 9.47 Å². The molecule has 0 radical (unpaired) electrons. The second kappa shape index (κ2) is 10.8. The lowest BCUT2D eigenvalue weighted by molar-refractivity contribution is -0.387. The summed E-state index contributed by atoms with van der Waals surface area (Å²) in [5.41, 5.74) is -1.89. The van der Waals surface area contributed by atoms with E-state index in [2.05, 4.69) is 9.97 Å². The van der Waals surface area contributed by atoms with Gasteiger partial charge in [0.1, 0.15) is 16.9 Å². The number of nitriles is 1. The molecule has 34 heavy (non-hydrogen) atoms. The number of aliphatic carboxylic acids is 1. The minimum Gasteiger partial charge on any atom is -0.478 e. The van der Waals surface area contributed by atoms with Crippen LogP contribution in [0.2, 0.25) is 0 Å². The van der Waals surface area contributed by atoms with E-state index in [1.807, 2.05) is 6.07 Å². The molecule has 0 amide bonds. The van der Waals surface area contributed by atoms with Crippen molar-refractivity contribution in [2.45, 2.75) is 37.6 Å². The van der Waals surface area contributed by atoms with Gasteiger partial charge in [-0.2, -0.15) is 15.2 Å². The van der Waals surface area contributed by atoms with Gasteiger partial charge in [-0.1, -0.05) is 11.8 Å². The maximum Gasteiger partial charge on any atom is 0.392 e. The van der Waals surface area contributed by atoms with Crippen molar-refractivity contribution in [1.82, 2.24) is 9.97 Å². The molecule has 0 spiro atoms. The van der Waals surface area contributed by atoms with Crippen LogP contribution in [0.4, 0.5) is 5.69 Å². The maximum absolute atomic E-state index is 12.7. The second-order valence-corrected chi connectivity index (χ2v) is 8.25. The Morgan fingerprint density at radius 2 is 1.94 bits per heavy atom. The number of aromatic nitrogens is 2. The quantitative estimate of drug-likeness (QED) is 0.170. The monoisotopic (exact) mass is 492 g/mol. The van der Waals surface area contributed by atoms with Crippen molar-refractivity contribution in [3.05, 3.63) is 39.4 Å². The molecule has 1 aromatic heterocycles. The highest BCUT2D eigenvalue weighted by molar-refractivity contribution is 7.98. The minimum absolute atomic E-state index is 0.0757. The number of rotatable bonds is 9. The molecule has 1 unspecified atom stereocenters. The van der Waals surface area contributed by atoms with Gasteiger partial charge in [0.2, 0.25) is 6.10 Å². The van der Waals surface area contributed by atoms with E-state index in [9.17, 15) is 30.1 Å². The molecule has 2 rings (SSSR count). The van der Waals surface area contributed by atoms with E-state index in [0.717, 1.165) is 17.8 Å². The number of carboxylic acids is 1. The Kier molecular flexibility index (Phi) is 8.33. The fourth-order valence-corrected chi connectivity index (χ4v) is 2.73. The average molecular weight is 492 g/mol. The number of ether oxygens (including phenoxy) is 3. The van der Waals surface area contributed by atoms with Gasteiger partial charge in [-0.3, -0.25) is 10.1 Å². The van der Waals surface area contributed by atoms with E-state index in [4.69, 9.17) is 19.3 Å². The smallest absolute Gasteiger partial charge is 0.392 e. The third kappa shape index (κ3) is 6.53. The Morgan fingerprint density at radius 3 is 2.44 bits per heavy atom. The van der Waals surface area contributed by atoms with Gasteiger partial charge in [-0.25, -0.2) is 9.59 Å². The van der Waals surface area contributed by atoms with E-state index in [1.165, 1.54) is 18.4 Å². The fraction of sp³-hybridized carbons (Fsp3) is 0.350. The molecule has 0 fully saturated rings. The number of hydrogen-bond acceptors (Lipinski definition) is 12. The molecule has 13 nitrogen and oxygen atoms in total. The lowest BCUT2D eigenvalue weighted by Crippen LogP contribution is -2.31. The zero-order valence-corrected chi connectivity index (χ0v) is 19.3. The predicted octanol–water partition coefficient (Wildman–Crippen LogP) is 2.55. The number of aliphatic hydroxyl groups excluding tert-OH is 1. The topological polar surface area (TPSA) is 195 Å². The number of carboxylic acid groups (broad SMARTS) is 1. The first-order chi connectivity index (χ1) is 15.9. The van der Waals surface area contributed by atoms with Crippen LogP contribution in [0.5, 0.6) is 17.5 Å². The summed E-state index contributed by atoms with van der Waals surface area (Å²) in [4.78, 5) is 42.5. The molecule has 0 saturated heterocycles. The first-order valence-corrected chi connectivity index (χ1v) is 10.7. The Morgan fingerprint density at radius 1 is 1.29 bits per heavy atom. The zero-order chi connectivity index (χ0) is 25.6. The number of aliphatic hydroxyl groups is 1. The Balaban J connectivity index is 2.67. The predicted molar refractivity (Wildman–Crippen MR) is 116 cm³/mol. The largest absolute Gasteiger partial charge is 0.478 e. The highest BCUT2D eigenvalue weighted by Gasteiger charge is 2.33. The van der Waals surface area contributed by atoms with Gasteiger partial charge in [0.05, 0.1) is 23.2 Å². The highest BCUT2D eigenvalue weighted by Crippen LogP contribution is 2.39. The molecular formula is C20H20N4O9S. The number of esters is 1. The van der Waals surface area contributed by atoms with Crippen molar-refractivity contribution >= 4 is 29.4 Å². The molecule has 0 aliphatic carbocycles. The van der Waals surface area contributed by atoms with Gasteiger partial charge < -0.3 is 24.4 Å². The molecule has 0 aliphatic rings. The number of benzene rings is 1.